The van der Waals surface area contributed by atoms with Gasteiger partial charge in [-0.25, -0.2) is 0 Å². The Labute approximate surface area is 144 Å². The Balaban J connectivity index is 0.00000264. The first-order chi connectivity index (χ1) is 10.7. The summed E-state index contributed by atoms with van der Waals surface area (Å²) in [7, 11) is 0. The van der Waals surface area contributed by atoms with E-state index in [0.29, 0.717) is 25.4 Å². The second-order valence-electron chi connectivity index (χ2n) is 5.39. The van der Waals surface area contributed by atoms with Crippen LogP contribution in [0.1, 0.15) is 34.4 Å². The van der Waals surface area contributed by atoms with Gasteiger partial charge in [-0.05, 0) is 30.5 Å². The summed E-state index contributed by atoms with van der Waals surface area (Å²) in [5, 5.41) is 0. The van der Waals surface area contributed by atoms with Crippen LogP contribution in [-0.2, 0) is 12.8 Å². The van der Waals surface area contributed by atoms with E-state index in [0.717, 1.165) is 24.2 Å². The van der Waals surface area contributed by atoms with Crippen LogP contribution in [0.15, 0.2) is 40.8 Å². The van der Waals surface area contributed by atoms with Crippen LogP contribution in [0.4, 0.5) is 0 Å². The minimum atomic E-state index is -0.0795. The van der Waals surface area contributed by atoms with Crippen molar-refractivity contribution in [3.05, 3.63) is 59.0 Å². The molecule has 1 amide bonds. The molecule has 4 nitrogen and oxygen atoms in total. The van der Waals surface area contributed by atoms with E-state index < -0.39 is 0 Å². The minimum absolute atomic E-state index is 0. The first kappa shape index (κ1) is 19.3. The predicted octanol–water partition coefficient (Wildman–Crippen LogP) is 3.22. The number of rotatable bonds is 7. The highest BCUT2D eigenvalue weighted by Crippen LogP contribution is 2.17. The van der Waals surface area contributed by atoms with E-state index in [1.165, 1.54) is 5.56 Å². The molecule has 0 bridgehead atoms. The molecule has 0 aliphatic heterocycles. The molecule has 2 N–H and O–H groups in total. The van der Waals surface area contributed by atoms with Crippen LogP contribution in [0.3, 0.4) is 0 Å². The molecule has 5 heteroatoms. The number of nitrogens with zero attached hydrogens (tertiary/aromatic N) is 1. The van der Waals surface area contributed by atoms with Gasteiger partial charge in [0.2, 0.25) is 0 Å². The fourth-order valence-corrected chi connectivity index (χ4v) is 2.51. The monoisotopic (exact) mass is 336 g/mol. The normalized spacial score (nSPS) is 10.2. The van der Waals surface area contributed by atoms with Crippen molar-refractivity contribution in [3.63, 3.8) is 0 Å². The molecule has 0 unspecified atom stereocenters. The third kappa shape index (κ3) is 5.12. The van der Waals surface area contributed by atoms with Crippen molar-refractivity contribution in [2.24, 2.45) is 5.73 Å². The number of nitrogens with two attached hydrogens (primary N) is 1. The quantitative estimate of drug-likeness (QED) is 0.844. The molecular weight excluding hydrogens is 312 g/mol. The Morgan fingerprint density at radius 1 is 1.22 bits per heavy atom. The maximum atomic E-state index is 12.6. The van der Waals surface area contributed by atoms with Crippen LogP contribution in [0, 0.1) is 6.92 Å². The van der Waals surface area contributed by atoms with E-state index >= 15 is 0 Å². The molecule has 0 spiro atoms. The lowest BCUT2D eigenvalue weighted by atomic mass is 10.1. The van der Waals surface area contributed by atoms with Crippen molar-refractivity contribution in [2.75, 3.05) is 19.6 Å². The van der Waals surface area contributed by atoms with Gasteiger partial charge in [-0.3, -0.25) is 4.79 Å². The van der Waals surface area contributed by atoms with Gasteiger partial charge in [0.05, 0.1) is 0 Å². The van der Waals surface area contributed by atoms with Crippen LogP contribution >= 0.6 is 12.4 Å². The average molecular weight is 337 g/mol. The van der Waals surface area contributed by atoms with Gasteiger partial charge in [-0.1, -0.05) is 37.3 Å². The fraction of sp³-hybridized carbons (Fsp3) is 0.389. The molecule has 0 saturated carbocycles. The van der Waals surface area contributed by atoms with Crippen LogP contribution in [0.2, 0.25) is 0 Å². The van der Waals surface area contributed by atoms with Crippen LogP contribution in [-0.4, -0.2) is 30.4 Å². The standard InChI is InChI=1S/C18H24N2O2.ClH/c1-3-16-14(2)13-17(22-16)18(21)20(12-10-19)11-9-15-7-5-4-6-8-15;/h4-8,13H,3,9-12,19H2,1-2H3;1H. The van der Waals surface area contributed by atoms with E-state index in [1.54, 1.807) is 4.90 Å². The van der Waals surface area contributed by atoms with Crippen molar-refractivity contribution < 1.29 is 9.21 Å². The SMILES string of the molecule is CCc1oc(C(=O)N(CCN)CCc2ccccc2)cc1C.Cl. The molecule has 1 aromatic carbocycles. The second-order valence-corrected chi connectivity index (χ2v) is 5.39. The summed E-state index contributed by atoms with van der Waals surface area (Å²) in [4.78, 5) is 14.4. The maximum Gasteiger partial charge on any atom is 0.289 e. The fourth-order valence-electron chi connectivity index (χ4n) is 2.51. The molecule has 0 fully saturated rings. The molecule has 2 aromatic rings. The molecule has 0 atom stereocenters. The summed E-state index contributed by atoms with van der Waals surface area (Å²) in [6.07, 6.45) is 1.60. The average Bonchev–Trinajstić information content (AvgIpc) is 2.92. The number of carbonyl (C=O) groups excluding carboxylic acids is 1. The maximum absolute atomic E-state index is 12.6. The second kappa shape index (κ2) is 9.38. The first-order valence-electron chi connectivity index (χ1n) is 7.78. The van der Waals surface area contributed by atoms with Crippen molar-refractivity contribution in [1.82, 2.24) is 4.90 Å². The van der Waals surface area contributed by atoms with Crippen LogP contribution < -0.4 is 5.73 Å². The topological polar surface area (TPSA) is 59.5 Å². The molecule has 0 radical (unpaired) electrons. The highest BCUT2D eigenvalue weighted by Gasteiger charge is 2.20. The van der Waals surface area contributed by atoms with Gasteiger partial charge < -0.3 is 15.1 Å². The van der Waals surface area contributed by atoms with Crippen molar-refractivity contribution >= 4 is 18.3 Å². The Bertz CT molecular complexity index is 611. The Kier molecular flexibility index (Phi) is 7.86. The summed E-state index contributed by atoms with van der Waals surface area (Å²) in [6, 6.07) is 12.0. The highest BCUT2D eigenvalue weighted by molar-refractivity contribution is 5.91. The van der Waals surface area contributed by atoms with Gasteiger partial charge in [0.1, 0.15) is 5.76 Å². The van der Waals surface area contributed by atoms with Gasteiger partial charge in [0, 0.05) is 26.1 Å². The smallest absolute Gasteiger partial charge is 0.289 e. The Morgan fingerprint density at radius 3 is 2.48 bits per heavy atom. The number of benzene rings is 1. The van der Waals surface area contributed by atoms with Crippen LogP contribution in [0.25, 0.3) is 0 Å². The lowest BCUT2D eigenvalue weighted by Gasteiger charge is -2.21. The predicted molar refractivity (Wildman–Crippen MR) is 95.2 cm³/mol. The zero-order valence-electron chi connectivity index (χ0n) is 13.7. The third-order valence-electron chi connectivity index (χ3n) is 3.75. The van der Waals surface area contributed by atoms with Gasteiger partial charge in [0.25, 0.3) is 5.91 Å². The number of hydrogen-bond acceptors (Lipinski definition) is 3. The molecular formula is C18H25ClN2O2. The number of aryl methyl sites for hydroxylation is 2. The van der Waals surface area contributed by atoms with E-state index in [1.807, 2.05) is 38.1 Å². The number of furan rings is 1. The van der Waals surface area contributed by atoms with Crippen LogP contribution in [0.5, 0.6) is 0 Å². The number of amides is 1. The highest BCUT2D eigenvalue weighted by atomic mass is 35.5. The number of halogens is 1. The van der Waals surface area contributed by atoms with Gasteiger partial charge in [0.15, 0.2) is 5.76 Å². The summed E-state index contributed by atoms with van der Waals surface area (Å²) >= 11 is 0. The summed E-state index contributed by atoms with van der Waals surface area (Å²) in [5.41, 5.74) is 7.89. The van der Waals surface area contributed by atoms with Crippen molar-refractivity contribution in [1.29, 1.82) is 0 Å². The first-order valence-corrected chi connectivity index (χ1v) is 7.78. The summed E-state index contributed by atoms with van der Waals surface area (Å²) in [6.45, 7) is 5.61. The zero-order chi connectivity index (χ0) is 15.9. The lowest BCUT2D eigenvalue weighted by molar-refractivity contribution is 0.0728. The summed E-state index contributed by atoms with van der Waals surface area (Å²) in [5.74, 6) is 1.21. The molecule has 126 valence electrons. The third-order valence-corrected chi connectivity index (χ3v) is 3.75. The van der Waals surface area contributed by atoms with Crippen molar-refractivity contribution in [3.8, 4) is 0 Å². The van der Waals surface area contributed by atoms with Gasteiger partial charge in [-0.15, -0.1) is 12.4 Å². The van der Waals surface area contributed by atoms with Gasteiger partial charge in [-0.2, -0.15) is 0 Å². The molecule has 23 heavy (non-hydrogen) atoms. The van der Waals surface area contributed by atoms with E-state index in [4.69, 9.17) is 10.2 Å². The number of hydrogen-bond donors (Lipinski definition) is 1. The molecule has 2 rings (SSSR count). The summed E-state index contributed by atoms with van der Waals surface area (Å²) < 4.78 is 5.67. The molecule has 1 aromatic heterocycles. The number of carbonyl (C=O) groups is 1. The molecule has 1 heterocycles. The van der Waals surface area contributed by atoms with E-state index in [9.17, 15) is 4.79 Å². The molecule has 0 saturated heterocycles. The zero-order valence-corrected chi connectivity index (χ0v) is 14.6. The minimum Gasteiger partial charge on any atom is -0.456 e. The largest absolute Gasteiger partial charge is 0.456 e. The molecule has 0 aliphatic rings. The van der Waals surface area contributed by atoms with E-state index in [-0.39, 0.29) is 18.3 Å². The molecule has 0 aliphatic carbocycles. The lowest BCUT2D eigenvalue weighted by Crippen LogP contribution is -2.36. The Morgan fingerprint density at radius 2 is 1.91 bits per heavy atom. The Hall–Kier alpha value is -1.78. The van der Waals surface area contributed by atoms with E-state index in [2.05, 4.69) is 12.1 Å². The van der Waals surface area contributed by atoms with Gasteiger partial charge >= 0.3 is 0 Å². The van der Waals surface area contributed by atoms with Crippen molar-refractivity contribution in [2.45, 2.75) is 26.7 Å².